The van der Waals surface area contributed by atoms with Crippen molar-refractivity contribution in [3.63, 3.8) is 0 Å². The summed E-state index contributed by atoms with van der Waals surface area (Å²) in [5.74, 6) is 6.71. The van der Waals surface area contributed by atoms with Crippen LogP contribution in [0, 0.1) is 11.8 Å². The van der Waals surface area contributed by atoms with Gasteiger partial charge in [-0.25, -0.2) is 4.99 Å². The molecule has 2 aromatic rings. The van der Waals surface area contributed by atoms with E-state index in [0.29, 0.717) is 0 Å². The zero-order valence-corrected chi connectivity index (χ0v) is 10.1. The molecule has 0 unspecified atom stereocenters. The van der Waals surface area contributed by atoms with Crippen LogP contribution in [0.15, 0.2) is 59.6 Å². The van der Waals surface area contributed by atoms with Crippen LogP contribution in [-0.4, -0.2) is 13.3 Å². The van der Waals surface area contributed by atoms with Crippen molar-refractivity contribution in [2.75, 3.05) is 7.11 Å². The SMILES string of the molecule is COc1cccc(N=CC#Cc2ccccc2)c1. The minimum atomic E-state index is 0.792. The lowest BCUT2D eigenvalue weighted by molar-refractivity contribution is 0.415. The lowest BCUT2D eigenvalue weighted by Gasteiger charge is -1.98. The van der Waals surface area contributed by atoms with E-state index in [1.165, 1.54) is 0 Å². The third-order valence-corrected chi connectivity index (χ3v) is 2.32. The molecule has 0 N–H and O–H groups in total. The van der Waals surface area contributed by atoms with E-state index in [4.69, 9.17) is 4.74 Å². The summed E-state index contributed by atoms with van der Waals surface area (Å²) in [6, 6.07) is 17.4. The van der Waals surface area contributed by atoms with E-state index in [9.17, 15) is 0 Å². The van der Waals surface area contributed by atoms with E-state index in [-0.39, 0.29) is 0 Å². The quantitative estimate of drug-likeness (QED) is 0.577. The summed E-state index contributed by atoms with van der Waals surface area (Å²) in [7, 11) is 1.64. The molecule has 2 aromatic carbocycles. The molecular weight excluding hydrogens is 222 g/mol. The predicted molar refractivity (Wildman–Crippen MR) is 74.5 cm³/mol. The number of methoxy groups -OCH3 is 1. The first-order chi connectivity index (χ1) is 8.88. The molecule has 0 aromatic heterocycles. The minimum Gasteiger partial charge on any atom is -0.497 e. The second-order valence-corrected chi connectivity index (χ2v) is 3.60. The zero-order valence-electron chi connectivity index (χ0n) is 10.1. The fourth-order valence-corrected chi connectivity index (χ4v) is 1.43. The Bertz CT molecular complexity index is 591. The third kappa shape index (κ3) is 3.50. The lowest BCUT2D eigenvalue weighted by Crippen LogP contribution is -1.80. The minimum absolute atomic E-state index is 0.792. The topological polar surface area (TPSA) is 21.6 Å². The van der Waals surface area contributed by atoms with Gasteiger partial charge in [-0.05, 0) is 30.2 Å². The van der Waals surface area contributed by atoms with Gasteiger partial charge in [-0.1, -0.05) is 30.2 Å². The van der Waals surface area contributed by atoms with E-state index in [1.54, 1.807) is 13.3 Å². The molecule has 0 aliphatic heterocycles. The molecule has 2 heteroatoms. The first-order valence-corrected chi connectivity index (χ1v) is 5.61. The predicted octanol–water partition coefficient (Wildman–Crippen LogP) is 3.45. The van der Waals surface area contributed by atoms with Gasteiger partial charge in [0, 0.05) is 11.6 Å². The number of hydrogen-bond acceptors (Lipinski definition) is 2. The molecule has 0 amide bonds. The smallest absolute Gasteiger partial charge is 0.121 e. The molecule has 0 aliphatic carbocycles. The van der Waals surface area contributed by atoms with Crippen LogP contribution in [0.1, 0.15) is 5.56 Å². The first kappa shape index (κ1) is 11.9. The summed E-state index contributed by atoms with van der Waals surface area (Å²) in [4.78, 5) is 4.25. The van der Waals surface area contributed by atoms with Crippen molar-refractivity contribution in [3.05, 3.63) is 60.2 Å². The van der Waals surface area contributed by atoms with Crippen molar-refractivity contribution in [2.24, 2.45) is 4.99 Å². The molecule has 0 bridgehead atoms. The highest BCUT2D eigenvalue weighted by Gasteiger charge is 1.91. The maximum absolute atomic E-state index is 5.12. The Balaban J connectivity index is 2.06. The van der Waals surface area contributed by atoms with Crippen LogP contribution >= 0.6 is 0 Å². The van der Waals surface area contributed by atoms with Crippen molar-refractivity contribution in [1.82, 2.24) is 0 Å². The maximum Gasteiger partial charge on any atom is 0.121 e. The van der Waals surface area contributed by atoms with Gasteiger partial charge < -0.3 is 4.74 Å². The van der Waals surface area contributed by atoms with E-state index < -0.39 is 0 Å². The molecule has 18 heavy (non-hydrogen) atoms. The highest BCUT2D eigenvalue weighted by molar-refractivity contribution is 5.81. The second kappa shape index (κ2) is 6.27. The molecule has 0 aliphatic rings. The van der Waals surface area contributed by atoms with Gasteiger partial charge >= 0.3 is 0 Å². The fraction of sp³-hybridized carbons (Fsp3) is 0.0625. The summed E-state index contributed by atoms with van der Waals surface area (Å²) in [5.41, 5.74) is 1.81. The normalized spacial score (nSPS) is 9.83. The molecule has 0 fully saturated rings. The summed E-state index contributed by atoms with van der Waals surface area (Å²) in [5, 5.41) is 0. The number of ether oxygens (including phenoxy) is 1. The van der Waals surface area contributed by atoms with Gasteiger partial charge in [0.2, 0.25) is 0 Å². The van der Waals surface area contributed by atoms with Crippen molar-refractivity contribution >= 4 is 11.9 Å². The van der Waals surface area contributed by atoms with Crippen LogP contribution in [0.5, 0.6) is 5.75 Å². The van der Waals surface area contributed by atoms with Gasteiger partial charge in [-0.15, -0.1) is 0 Å². The highest BCUT2D eigenvalue weighted by Crippen LogP contribution is 2.18. The van der Waals surface area contributed by atoms with Crippen LogP contribution in [0.3, 0.4) is 0 Å². The number of benzene rings is 2. The Morgan fingerprint density at radius 1 is 1.06 bits per heavy atom. The number of aliphatic imine (C=N–C) groups is 1. The monoisotopic (exact) mass is 235 g/mol. The molecule has 2 nitrogen and oxygen atoms in total. The summed E-state index contributed by atoms with van der Waals surface area (Å²) < 4.78 is 5.12. The molecule has 0 saturated carbocycles. The van der Waals surface area contributed by atoms with Crippen LogP contribution in [0.2, 0.25) is 0 Å². The van der Waals surface area contributed by atoms with Crippen LogP contribution in [-0.2, 0) is 0 Å². The van der Waals surface area contributed by atoms with E-state index in [2.05, 4.69) is 16.8 Å². The molecule has 88 valence electrons. The van der Waals surface area contributed by atoms with Crippen molar-refractivity contribution < 1.29 is 4.74 Å². The highest BCUT2D eigenvalue weighted by atomic mass is 16.5. The van der Waals surface area contributed by atoms with E-state index in [1.807, 2.05) is 54.6 Å². The number of rotatable bonds is 2. The Morgan fingerprint density at radius 3 is 2.67 bits per heavy atom. The number of hydrogen-bond donors (Lipinski definition) is 0. The molecular formula is C16H13NO. The number of nitrogens with zero attached hydrogens (tertiary/aromatic N) is 1. The van der Waals surface area contributed by atoms with Gasteiger partial charge in [-0.2, -0.15) is 0 Å². The van der Waals surface area contributed by atoms with Gasteiger partial charge in [0.05, 0.1) is 19.0 Å². The van der Waals surface area contributed by atoms with Crippen LogP contribution in [0.4, 0.5) is 5.69 Å². The third-order valence-electron chi connectivity index (χ3n) is 2.32. The summed E-state index contributed by atoms with van der Waals surface area (Å²) >= 11 is 0. The molecule has 0 radical (unpaired) electrons. The van der Waals surface area contributed by atoms with Crippen LogP contribution in [0.25, 0.3) is 0 Å². The Morgan fingerprint density at radius 2 is 1.89 bits per heavy atom. The van der Waals surface area contributed by atoms with Gasteiger partial charge in [-0.3, -0.25) is 0 Å². The average Bonchev–Trinajstić information content (AvgIpc) is 2.45. The summed E-state index contributed by atoms with van der Waals surface area (Å²) in [6.07, 6.45) is 1.60. The Hall–Kier alpha value is -2.53. The van der Waals surface area contributed by atoms with Crippen molar-refractivity contribution in [3.8, 4) is 17.6 Å². The van der Waals surface area contributed by atoms with E-state index in [0.717, 1.165) is 17.0 Å². The standard InChI is InChI=1S/C16H13NO/c1-18-16-11-5-10-15(13-16)17-12-6-9-14-7-3-2-4-8-14/h2-5,7-8,10-13H,1H3. The van der Waals surface area contributed by atoms with Crippen molar-refractivity contribution in [1.29, 1.82) is 0 Å². The van der Waals surface area contributed by atoms with Gasteiger partial charge in [0.1, 0.15) is 5.75 Å². The largest absolute Gasteiger partial charge is 0.497 e. The zero-order chi connectivity index (χ0) is 12.6. The van der Waals surface area contributed by atoms with Crippen LogP contribution < -0.4 is 4.74 Å². The Labute approximate surface area is 107 Å². The fourth-order valence-electron chi connectivity index (χ4n) is 1.43. The molecule has 0 spiro atoms. The first-order valence-electron chi connectivity index (χ1n) is 5.61. The van der Waals surface area contributed by atoms with Crippen molar-refractivity contribution in [2.45, 2.75) is 0 Å². The average molecular weight is 235 g/mol. The molecule has 0 saturated heterocycles. The maximum atomic E-state index is 5.12. The van der Waals surface area contributed by atoms with E-state index >= 15 is 0 Å². The molecule has 0 atom stereocenters. The molecule has 2 rings (SSSR count). The van der Waals surface area contributed by atoms with Gasteiger partial charge in [0.25, 0.3) is 0 Å². The van der Waals surface area contributed by atoms with Gasteiger partial charge in [0.15, 0.2) is 0 Å². The Kier molecular flexibility index (Phi) is 4.16. The lowest BCUT2D eigenvalue weighted by atomic mass is 10.2. The summed E-state index contributed by atoms with van der Waals surface area (Å²) in [6.45, 7) is 0. The molecule has 0 heterocycles. The second-order valence-electron chi connectivity index (χ2n) is 3.60.